The number of aromatic nitrogens is 2. The molecule has 164 valence electrons. The monoisotopic (exact) mass is 471 g/mol. The van der Waals surface area contributed by atoms with Gasteiger partial charge in [-0.25, -0.2) is 0 Å². The molecule has 1 N–H and O–H groups in total. The molecule has 4 rings (SSSR count). The molecule has 1 atom stereocenters. The number of carbonyl (C=O) groups is 2. The van der Waals surface area contributed by atoms with Gasteiger partial charge < -0.3 is 4.90 Å². The third-order valence-corrected chi connectivity index (χ3v) is 6.32. The third-order valence-electron chi connectivity index (χ3n) is 5.20. The summed E-state index contributed by atoms with van der Waals surface area (Å²) in [7, 11) is 0. The summed E-state index contributed by atoms with van der Waals surface area (Å²) in [6.07, 6.45) is 1.15. The van der Waals surface area contributed by atoms with Crippen LogP contribution >= 0.6 is 22.9 Å². The maximum atomic E-state index is 13.0. The van der Waals surface area contributed by atoms with Gasteiger partial charge in [-0.05, 0) is 38.0 Å². The summed E-state index contributed by atoms with van der Waals surface area (Å²) in [5.74, 6) is -0.783. The summed E-state index contributed by atoms with van der Waals surface area (Å²) < 4.78 is 0. The molecule has 0 saturated carbocycles. The van der Waals surface area contributed by atoms with E-state index in [1.807, 2.05) is 6.07 Å². The van der Waals surface area contributed by atoms with Crippen LogP contribution in [-0.2, 0) is 4.79 Å². The predicted molar refractivity (Wildman–Crippen MR) is 121 cm³/mol. The normalized spacial score (nSPS) is 15.6. The summed E-state index contributed by atoms with van der Waals surface area (Å²) in [5.41, 5.74) is 1.31. The van der Waals surface area contributed by atoms with Crippen molar-refractivity contribution in [2.75, 3.05) is 11.9 Å². The Morgan fingerprint density at radius 1 is 1.25 bits per heavy atom. The minimum Gasteiger partial charge on any atom is -0.327 e. The topological polar surface area (TPSA) is 118 Å². The van der Waals surface area contributed by atoms with E-state index in [9.17, 15) is 19.7 Å². The quantitative estimate of drug-likeness (QED) is 0.437. The van der Waals surface area contributed by atoms with Crippen LogP contribution < -0.4 is 5.32 Å². The SMILES string of the molecule is Cc1ccc(C(=O)N2CCCC2C(=O)Nc2nnc(-c3cccc(Cl)c3)s2)cc1[N+](=O)[O-]. The molecule has 0 aliphatic carbocycles. The van der Waals surface area contributed by atoms with Crippen LogP contribution in [0.3, 0.4) is 0 Å². The van der Waals surface area contributed by atoms with Gasteiger partial charge in [0.25, 0.3) is 11.6 Å². The van der Waals surface area contributed by atoms with Gasteiger partial charge in [-0.15, -0.1) is 10.2 Å². The van der Waals surface area contributed by atoms with E-state index in [-0.39, 0.29) is 17.2 Å². The zero-order valence-corrected chi connectivity index (χ0v) is 18.5. The van der Waals surface area contributed by atoms with Crippen molar-refractivity contribution in [1.29, 1.82) is 0 Å². The van der Waals surface area contributed by atoms with Crippen molar-refractivity contribution in [3.05, 3.63) is 68.7 Å². The summed E-state index contributed by atoms with van der Waals surface area (Å²) in [6, 6.07) is 10.8. The van der Waals surface area contributed by atoms with E-state index < -0.39 is 16.9 Å². The molecule has 2 aromatic carbocycles. The van der Waals surface area contributed by atoms with Gasteiger partial charge in [-0.3, -0.25) is 25.0 Å². The number of benzene rings is 2. The number of carbonyl (C=O) groups excluding carboxylic acids is 2. The van der Waals surface area contributed by atoms with Crippen molar-refractivity contribution in [3.63, 3.8) is 0 Å². The molecule has 9 nitrogen and oxygen atoms in total. The Labute approximate surface area is 192 Å². The van der Waals surface area contributed by atoms with E-state index in [2.05, 4.69) is 15.5 Å². The second-order valence-corrected chi connectivity index (χ2v) is 8.74. The van der Waals surface area contributed by atoms with Crippen LogP contribution in [0, 0.1) is 17.0 Å². The molecule has 3 aromatic rings. The van der Waals surface area contributed by atoms with Crippen molar-refractivity contribution in [2.45, 2.75) is 25.8 Å². The molecule has 1 aliphatic rings. The zero-order valence-electron chi connectivity index (χ0n) is 16.9. The van der Waals surface area contributed by atoms with Crippen LogP contribution in [0.25, 0.3) is 10.6 Å². The first kappa shape index (κ1) is 21.8. The van der Waals surface area contributed by atoms with Crippen LogP contribution in [0.1, 0.15) is 28.8 Å². The fourth-order valence-corrected chi connectivity index (χ4v) is 4.52. The smallest absolute Gasteiger partial charge is 0.273 e. The van der Waals surface area contributed by atoms with Crippen molar-refractivity contribution < 1.29 is 14.5 Å². The predicted octanol–water partition coefficient (Wildman–Crippen LogP) is 4.32. The van der Waals surface area contributed by atoms with Crippen LogP contribution in [0.2, 0.25) is 5.02 Å². The number of rotatable bonds is 5. The standard InChI is InChI=1S/C21H18ClN5O4S/c1-12-7-8-14(11-17(12)27(30)31)20(29)26-9-3-6-16(26)18(28)23-21-25-24-19(32-21)13-4-2-5-15(22)10-13/h2,4-5,7-8,10-11,16H,3,6,9H2,1H3,(H,23,25,28). The number of hydrogen-bond donors (Lipinski definition) is 1. The third kappa shape index (κ3) is 4.46. The van der Waals surface area contributed by atoms with Gasteiger partial charge in [0.2, 0.25) is 11.0 Å². The Kier molecular flexibility index (Phi) is 6.15. The van der Waals surface area contributed by atoms with E-state index in [4.69, 9.17) is 11.6 Å². The molecule has 0 spiro atoms. The first-order valence-electron chi connectivity index (χ1n) is 9.80. The Balaban J connectivity index is 1.49. The van der Waals surface area contributed by atoms with E-state index in [1.165, 1.54) is 28.4 Å². The van der Waals surface area contributed by atoms with Crippen molar-refractivity contribution in [3.8, 4) is 10.6 Å². The van der Waals surface area contributed by atoms with Gasteiger partial charge in [0.05, 0.1) is 4.92 Å². The first-order valence-corrected chi connectivity index (χ1v) is 11.0. The molecular weight excluding hydrogens is 454 g/mol. The average molecular weight is 472 g/mol. The summed E-state index contributed by atoms with van der Waals surface area (Å²) >= 11 is 7.22. The number of hydrogen-bond acceptors (Lipinski definition) is 7. The second-order valence-electron chi connectivity index (χ2n) is 7.33. The summed E-state index contributed by atoms with van der Waals surface area (Å²) in [4.78, 5) is 38.0. The lowest BCUT2D eigenvalue weighted by Gasteiger charge is -2.23. The number of nitro benzene ring substituents is 1. The molecular formula is C21H18ClN5O4S. The van der Waals surface area contributed by atoms with Crippen molar-refractivity contribution >= 4 is 45.6 Å². The van der Waals surface area contributed by atoms with Gasteiger partial charge in [-0.2, -0.15) is 0 Å². The van der Waals surface area contributed by atoms with Crippen LogP contribution in [0.4, 0.5) is 10.8 Å². The lowest BCUT2D eigenvalue weighted by atomic mass is 10.1. The van der Waals surface area contributed by atoms with E-state index in [1.54, 1.807) is 31.2 Å². The molecule has 0 radical (unpaired) electrons. The Morgan fingerprint density at radius 2 is 2.06 bits per heavy atom. The van der Waals surface area contributed by atoms with Crippen LogP contribution in [0.15, 0.2) is 42.5 Å². The average Bonchev–Trinajstić information content (AvgIpc) is 3.43. The van der Waals surface area contributed by atoms with E-state index in [0.717, 1.165) is 5.56 Å². The summed E-state index contributed by atoms with van der Waals surface area (Å²) in [5, 5.41) is 23.6. The number of nitrogens with one attached hydrogen (secondary N) is 1. The molecule has 2 amide bonds. The highest BCUT2D eigenvalue weighted by Crippen LogP contribution is 2.29. The fraction of sp³-hybridized carbons (Fsp3) is 0.238. The first-order chi connectivity index (χ1) is 15.3. The maximum absolute atomic E-state index is 13.0. The number of aryl methyl sites for hydroxylation is 1. The lowest BCUT2D eigenvalue weighted by molar-refractivity contribution is -0.385. The number of halogens is 1. The summed E-state index contributed by atoms with van der Waals surface area (Å²) in [6.45, 7) is 2.00. The van der Waals surface area contributed by atoms with Gasteiger partial charge >= 0.3 is 0 Å². The molecule has 1 aliphatic heterocycles. The largest absolute Gasteiger partial charge is 0.327 e. The molecule has 0 bridgehead atoms. The number of likely N-dealkylation sites (tertiary alicyclic amines) is 1. The highest BCUT2D eigenvalue weighted by molar-refractivity contribution is 7.18. The van der Waals surface area contributed by atoms with Crippen molar-refractivity contribution in [1.82, 2.24) is 15.1 Å². The van der Waals surface area contributed by atoms with E-state index >= 15 is 0 Å². The van der Waals surface area contributed by atoms with Crippen LogP contribution in [-0.4, -0.2) is 44.4 Å². The highest BCUT2D eigenvalue weighted by Gasteiger charge is 2.35. The number of nitrogens with zero attached hydrogens (tertiary/aromatic N) is 4. The molecule has 1 saturated heterocycles. The van der Waals surface area contributed by atoms with Gasteiger partial charge in [-0.1, -0.05) is 41.1 Å². The molecule has 2 heterocycles. The minimum absolute atomic E-state index is 0.126. The number of anilines is 1. The Morgan fingerprint density at radius 3 is 2.81 bits per heavy atom. The number of nitro groups is 1. The molecule has 32 heavy (non-hydrogen) atoms. The van der Waals surface area contributed by atoms with E-state index in [0.29, 0.717) is 40.1 Å². The van der Waals surface area contributed by atoms with Gasteiger partial charge in [0.15, 0.2) is 0 Å². The zero-order chi connectivity index (χ0) is 22.8. The fourth-order valence-electron chi connectivity index (χ4n) is 3.59. The van der Waals surface area contributed by atoms with Gasteiger partial charge in [0.1, 0.15) is 11.0 Å². The van der Waals surface area contributed by atoms with Crippen molar-refractivity contribution in [2.24, 2.45) is 0 Å². The highest BCUT2D eigenvalue weighted by atomic mass is 35.5. The second kappa shape index (κ2) is 9.01. The molecule has 1 fully saturated rings. The molecule has 11 heteroatoms. The Hall–Kier alpha value is -3.37. The van der Waals surface area contributed by atoms with Gasteiger partial charge in [0, 0.05) is 34.3 Å². The lowest BCUT2D eigenvalue weighted by Crippen LogP contribution is -2.43. The Bertz CT molecular complexity index is 1210. The van der Waals surface area contributed by atoms with Crippen LogP contribution in [0.5, 0.6) is 0 Å². The molecule has 1 unspecified atom stereocenters. The minimum atomic E-state index is -0.693. The molecule has 1 aromatic heterocycles. The maximum Gasteiger partial charge on any atom is 0.273 e. The number of amides is 2.